The van der Waals surface area contributed by atoms with Gasteiger partial charge in [0.25, 0.3) is 0 Å². The van der Waals surface area contributed by atoms with Crippen molar-refractivity contribution in [3.63, 3.8) is 0 Å². The molecule has 3 nitrogen and oxygen atoms in total. The fourth-order valence-electron chi connectivity index (χ4n) is 2.42. The van der Waals surface area contributed by atoms with Crippen molar-refractivity contribution >= 4 is 5.91 Å². The van der Waals surface area contributed by atoms with Gasteiger partial charge < -0.3 is 5.32 Å². The number of unbranched alkanes of at least 4 members (excludes halogenated alkanes) is 1. The van der Waals surface area contributed by atoms with Crippen LogP contribution in [0.25, 0.3) is 0 Å². The van der Waals surface area contributed by atoms with Crippen LogP contribution in [-0.2, 0) is 17.6 Å². The molecule has 0 bridgehead atoms. The number of aryl methyl sites for hydroxylation is 1. The minimum Gasteiger partial charge on any atom is -0.349 e. The van der Waals surface area contributed by atoms with Crippen molar-refractivity contribution in [3.8, 4) is 0 Å². The number of carbonyl (C=O) groups excluding carboxylic acids is 1. The Morgan fingerprint density at radius 2 is 1.73 bits per heavy atom. The van der Waals surface area contributed by atoms with Crippen molar-refractivity contribution in [2.24, 2.45) is 0 Å². The van der Waals surface area contributed by atoms with Crippen LogP contribution >= 0.6 is 0 Å². The van der Waals surface area contributed by atoms with Gasteiger partial charge in [0.1, 0.15) is 0 Å². The van der Waals surface area contributed by atoms with E-state index in [1.807, 2.05) is 19.1 Å². The normalized spacial score (nSPS) is 11.9. The number of hydrogen-bond donors (Lipinski definition) is 1. The molecule has 0 spiro atoms. The Hall–Kier alpha value is -2.16. The highest BCUT2D eigenvalue weighted by atomic mass is 16.1. The van der Waals surface area contributed by atoms with E-state index < -0.39 is 0 Å². The zero-order valence-corrected chi connectivity index (χ0v) is 13.4. The van der Waals surface area contributed by atoms with Gasteiger partial charge in [-0.15, -0.1) is 0 Å². The second-order valence-electron chi connectivity index (χ2n) is 5.67. The van der Waals surface area contributed by atoms with Crippen molar-refractivity contribution in [2.45, 2.75) is 45.6 Å². The van der Waals surface area contributed by atoms with Gasteiger partial charge in [0, 0.05) is 12.4 Å². The summed E-state index contributed by atoms with van der Waals surface area (Å²) in [5.74, 6) is 0.0469. The molecule has 1 aromatic heterocycles. The Balaban J connectivity index is 1.86. The Labute approximate surface area is 132 Å². The number of amides is 1. The quantitative estimate of drug-likeness (QED) is 0.843. The van der Waals surface area contributed by atoms with Crippen molar-refractivity contribution in [2.75, 3.05) is 0 Å². The fourth-order valence-corrected chi connectivity index (χ4v) is 2.42. The molecule has 1 amide bonds. The zero-order valence-electron chi connectivity index (χ0n) is 13.4. The molecule has 1 N–H and O–H groups in total. The molecule has 22 heavy (non-hydrogen) atoms. The molecular weight excluding hydrogens is 272 g/mol. The summed E-state index contributed by atoms with van der Waals surface area (Å²) >= 11 is 0. The topological polar surface area (TPSA) is 42.0 Å². The lowest BCUT2D eigenvalue weighted by Crippen LogP contribution is -2.28. The number of rotatable bonds is 7. The van der Waals surface area contributed by atoms with Gasteiger partial charge in [-0.05, 0) is 48.6 Å². The molecule has 116 valence electrons. The summed E-state index contributed by atoms with van der Waals surface area (Å²) in [6.45, 7) is 4.18. The number of benzene rings is 1. The van der Waals surface area contributed by atoms with E-state index in [0.717, 1.165) is 17.5 Å². The second-order valence-corrected chi connectivity index (χ2v) is 5.67. The molecule has 0 aliphatic rings. The maximum absolute atomic E-state index is 12.1. The first-order chi connectivity index (χ1) is 10.7. The van der Waals surface area contributed by atoms with E-state index in [0.29, 0.717) is 6.42 Å². The summed E-state index contributed by atoms with van der Waals surface area (Å²) in [4.78, 5) is 16.1. The molecule has 2 rings (SSSR count). The van der Waals surface area contributed by atoms with E-state index in [9.17, 15) is 4.79 Å². The summed E-state index contributed by atoms with van der Waals surface area (Å²) in [6.07, 6.45) is 7.44. The average molecular weight is 296 g/mol. The molecular formula is C19H24N2O. The van der Waals surface area contributed by atoms with Crippen molar-refractivity contribution < 1.29 is 4.79 Å². The molecule has 1 atom stereocenters. The van der Waals surface area contributed by atoms with Crippen LogP contribution in [0.1, 0.15) is 49.4 Å². The highest BCUT2D eigenvalue weighted by Crippen LogP contribution is 2.12. The highest BCUT2D eigenvalue weighted by molar-refractivity contribution is 5.79. The smallest absolute Gasteiger partial charge is 0.224 e. The van der Waals surface area contributed by atoms with Gasteiger partial charge in [-0.25, -0.2) is 0 Å². The molecule has 0 saturated heterocycles. The largest absolute Gasteiger partial charge is 0.349 e. The SMILES string of the molecule is CCCCc1ccc(CC(=O)NC(C)c2ccncc2)cc1. The van der Waals surface area contributed by atoms with Gasteiger partial charge in [0.15, 0.2) is 0 Å². The lowest BCUT2D eigenvalue weighted by Gasteiger charge is -2.14. The lowest BCUT2D eigenvalue weighted by molar-refractivity contribution is -0.121. The average Bonchev–Trinajstić information content (AvgIpc) is 2.55. The van der Waals surface area contributed by atoms with Crippen LogP contribution < -0.4 is 5.32 Å². The first-order valence-corrected chi connectivity index (χ1v) is 7.96. The van der Waals surface area contributed by atoms with Crippen LogP contribution in [0.2, 0.25) is 0 Å². The minimum absolute atomic E-state index is 0.000623. The van der Waals surface area contributed by atoms with Crippen molar-refractivity contribution in [3.05, 3.63) is 65.5 Å². The number of aromatic nitrogens is 1. The number of nitrogens with zero attached hydrogens (tertiary/aromatic N) is 1. The Morgan fingerprint density at radius 3 is 2.36 bits per heavy atom. The van der Waals surface area contributed by atoms with Gasteiger partial charge in [-0.1, -0.05) is 37.6 Å². The Kier molecular flexibility index (Phi) is 6.13. The molecule has 2 aromatic rings. The van der Waals surface area contributed by atoms with E-state index in [1.165, 1.54) is 18.4 Å². The van der Waals surface area contributed by atoms with Crippen LogP contribution in [0.4, 0.5) is 0 Å². The van der Waals surface area contributed by atoms with Gasteiger partial charge in [0.05, 0.1) is 12.5 Å². The van der Waals surface area contributed by atoms with Gasteiger partial charge in [-0.3, -0.25) is 9.78 Å². The van der Waals surface area contributed by atoms with Crippen LogP contribution in [0, 0.1) is 0 Å². The molecule has 1 aromatic carbocycles. The molecule has 1 unspecified atom stereocenters. The standard InChI is InChI=1S/C19H24N2O/c1-3-4-5-16-6-8-17(9-7-16)14-19(22)21-15(2)18-10-12-20-13-11-18/h6-13,15H,3-5,14H2,1-2H3,(H,21,22). The Morgan fingerprint density at radius 1 is 1.09 bits per heavy atom. The van der Waals surface area contributed by atoms with Crippen molar-refractivity contribution in [1.82, 2.24) is 10.3 Å². The number of carbonyl (C=O) groups is 1. The van der Waals surface area contributed by atoms with Crippen LogP contribution in [0.3, 0.4) is 0 Å². The molecule has 3 heteroatoms. The summed E-state index contributed by atoms with van der Waals surface area (Å²) < 4.78 is 0. The summed E-state index contributed by atoms with van der Waals surface area (Å²) in [6, 6.07) is 12.2. The number of nitrogens with one attached hydrogen (secondary N) is 1. The fraction of sp³-hybridized carbons (Fsp3) is 0.368. The molecule has 0 saturated carbocycles. The van der Waals surface area contributed by atoms with E-state index in [4.69, 9.17) is 0 Å². The summed E-state index contributed by atoms with van der Waals surface area (Å²) in [5, 5.41) is 3.03. The van der Waals surface area contributed by atoms with Crippen LogP contribution in [-0.4, -0.2) is 10.9 Å². The van der Waals surface area contributed by atoms with Crippen LogP contribution in [0.5, 0.6) is 0 Å². The zero-order chi connectivity index (χ0) is 15.8. The van der Waals surface area contributed by atoms with E-state index in [2.05, 4.69) is 41.5 Å². The minimum atomic E-state index is -0.000623. The van der Waals surface area contributed by atoms with E-state index >= 15 is 0 Å². The number of hydrogen-bond acceptors (Lipinski definition) is 2. The van der Waals surface area contributed by atoms with E-state index in [1.54, 1.807) is 12.4 Å². The maximum atomic E-state index is 12.1. The van der Waals surface area contributed by atoms with Gasteiger partial charge in [0.2, 0.25) is 5.91 Å². The molecule has 0 radical (unpaired) electrons. The maximum Gasteiger partial charge on any atom is 0.224 e. The second kappa shape index (κ2) is 8.32. The third-order valence-corrected chi connectivity index (χ3v) is 3.79. The highest BCUT2D eigenvalue weighted by Gasteiger charge is 2.09. The predicted molar refractivity (Wildman–Crippen MR) is 89.6 cm³/mol. The summed E-state index contributed by atoms with van der Waals surface area (Å²) in [5.41, 5.74) is 3.47. The predicted octanol–water partition coefficient (Wildman–Crippen LogP) is 3.84. The summed E-state index contributed by atoms with van der Waals surface area (Å²) in [7, 11) is 0. The number of pyridine rings is 1. The van der Waals surface area contributed by atoms with Gasteiger partial charge >= 0.3 is 0 Å². The third-order valence-electron chi connectivity index (χ3n) is 3.79. The monoisotopic (exact) mass is 296 g/mol. The molecule has 0 fully saturated rings. The molecule has 1 heterocycles. The lowest BCUT2D eigenvalue weighted by atomic mass is 10.0. The van der Waals surface area contributed by atoms with Crippen LogP contribution in [0.15, 0.2) is 48.8 Å². The van der Waals surface area contributed by atoms with Crippen molar-refractivity contribution in [1.29, 1.82) is 0 Å². The molecule has 0 aliphatic carbocycles. The first kappa shape index (κ1) is 16.2. The Bertz CT molecular complexity index is 578. The van der Waals surface area contributed by atoms with E-state index in [-0.39, 0.29) is 11.9 Å². The first-order valence-electron chi connectivity index (χ1n) is 7.96. The third kappa shape index (κ3) is 4.99. The molecule has 0 aliphatic heterocycles. The van der Waals surface area contributed by atoms with Gasteiger partial charge in [-0.2, -0.15) is 0 Å².